The minimum Gasteiger partial charge on any atom is -0.321 e. The van der Waals surface area contributed by atoms with Gasteiger partial charge in [0, 0.05) is 11.6 Å². The Morgan fingerprint density at radius 2 is 2.18 bits per heavy atom. The van der Waals surface area contributed by atoms with Gasteiger partial charge in [-0.1, -0.05) is 11.6 Å². The van der Waals surface area contributed by atoms with Gasteiger partial charge >= 0.3 is 0 Å². The molecule has 0 aliphatic heterocycles. The van der Waals surface area contributed by atoms with Crippen molar-refractivity contribution in [3.8, 4) is 0 Å². The number of rotatable bonds is 2. The van der Waals surface area contributed by atoms with Crippen LogP contribution in [0.5, 0.6) is 0 Å². The second-order valence-corrected chi connectivity index (χ2v) is 5.42. The molecule has 2 nitrogen and oxygen atoms in total. The molecule has 1 saturated carbocycles. The molecule has 0 N–H and O–H groups in total. The Morgan fingerprint density at radius 3 is 2.76 bits per heavy atom. The van der Waals surface area contributed by atoms with Crippen LogP contribution in [-0.2, 0) is 11.4 Å². The molecular weight excluding hydrogens is 262 g/mol. The van der Waals surface area contributed by atoms with Gasteiger partial charge in [0.05, 0.1) is 21.9 Å². The summed E-state index contributed by atoms with van der Waals surface area (Å²) in [5, 5.41) is 0.101. The minimum absolute atomic E-state index is 0.0409. The second kappa shape index (κ2) is 3.59. The molecule has 0 amide bonds. The first-order valence-electron chi connectivity index (χ1n) is 5.48. The van der Waals surface area contributed by atoms with Crippen LogP contribution in [0.4, 0.5) is 4.39 Å². The third-order valence-corrected chi connectivity index (χ3v) is 3.93. The zero-order valence-corrected chi connectivity index (χ0v) is 10.8. The summed E-state index contributed by atoms with van der Waals surface area (Å²) in [7, 11) is 0. The summed E-state index contributed by atoms with van der Waals surface area (Å²) in [5.41, 5.74) is 1.53. The molecule has 1 aliphatic carbocycles. The van der Waals surface area contributed by atoms with Gasteiger partial charge < -0.3 is 4.57 Å². The Balaban J connectivity index is 2.34. The van der Waals surface area contributed by atoms with Crippen molar-refractivity contribution in [3.63, 3.8) is 0 Å². The topological polar surface area (TPSA) is 17.8 Å². The van der Waals surface area contributed by atoms with E-state index in [1.165, 1.54) is 6.07 Å². The zero-order chi connectivity index (χ0) is 12.2. The average molecular weight is 273 g/mol. The molecule has 0 unspecified atom stereocenters. The summed E-state index contributed by atoms with van der Waals surface area (Å²) < 4.78 is 15.6. The first-order valence-corrected chi connectivity index (χ1v) is 6.39. The first kappa shape index (κ1) is 11.3. The number of fused-ring (bicyclic) bond motifs is 1. The van der Waals surface area contributed by atoms with Gasteiger partial charge in [0.1, 0.15) is 11.6 Å². The Hall–Kier alpha value is -0.800. The van der Waals surface area contributed by atoms with Crippen LogP contribution in [0.3, 0.4) is 0 Å². The molecule has 0 radical (unpaired) electrons. The lowest BCUT2D eigenvalue weighted by Gasteiger charge is -2.15. The van der Waals surface area contributed by atoms with E-state index in [-0.39, 0.29) is 10.6 Å². The predicted octanol–water partition coefficient (Wildman–Crippen LogP) is 4.08. The van der Waals surface area contributed by atoms with Crippen molar-refractivity contribution in [2.45, 2.75) is 31.2 Å². The fraction of sp³-hybridized carbons (Fsp3) is 0.417. The molecule has 0 atom stereocenters. The van der Waals surface area contributed by atoms with Gasteiger partial charge in [-0.15, -0.1) is 11.6 Å². The molecule has 5 heteroatoms. The standard InChI is InChI=1S/C12H11Cl2FN2/c1-12(2-3-12)17-10-5-8(15)7(14)4-9(10)16-11(17)6-13/h4-5H,2-3,6H2,1H3. The van der Waals surface area contributed by atoms with Crippen molar-refractivity contribution in [3.05, 3.63) is 28.8 Å². The quantitative estimate of drug-likeness (QED) is 0.754. The molecule has 1 fully saturated rings. The summed E-state index contributed by atoms with van der Waals surface area (Å²) in [4.78, 5) is 4.42. The van der Waals surface area contributed by atoms with Gasteiger partial charge in [-0.3, -0.25) is 0 Å². The smallest absolute Gasteiger partial charge is 0.144 e. The van der Waals surface area contributed by atoms with Crippen LogP contribution < -0.4 is 0 Å². The van der Waals surface area contributed by atoms with E-state index in [9.17, 15) is 4.39 Å². The van der Waals surface area contributed by atoms with Crippen molar-refractivity contribution >= 4 is 34.2 Å². The molecule has 2 aromatic rings. The lowest BCUT2D eigenvalue weighted by molar-refractivity contribution is 0.530. The summed E-state index contributed by atoms with van der Waals surface area (Å²) in [6.07, 6.45) is 2.15. The molecule has 1 heterocycles. The van der Waals surface area contributed by atoms with Crippen LogP contribution in [0.25, 0.3) is 11.0 Å². The van der Waals surface area contributed by atoms with Crippen LogP contribution >= 0.6 is 23.2 Å². The van der Waals surface area contributed by atoms with E-state index >= 15 is 0 Å². The zero-order valence-electron chi connectivity index (χ0n) is 9.30. The van der Waals surface area contributed by atoms with Crippen LogP contribution in [-0.4, -0.2) is 9.55 Å². The number of hydrogen-bond acceptors (Lipinski definition) is 1. The summed E-state index contributed by atoms with van der Waals surface area (Å²) >= 11 is 11.7. The molecule has 0 spiro atoms. The summed E-state index contributed by atoms with van der Waals surface area (Å²) in [6.45, 7) is 2.14. The van der Waals surface area contributed by atoms with Gasteiger partial charge in [0.15, 0.2) is 0 Å². The Bertz CT molecular complexity index is 602. The molecular formula is C12H11Cl2FN2. The maximum absolute atomic E-state index is 13.5. The number of imidazole rings is 1. The van der Waals surface area contributed by atoms with Gasteiger partial charge in [-0.2, -0.15) is 0 Å². The van der Waals surface area contributed by atoms with Crippen LogP contribution in [0, 0.1) is 5.82 Å². The Labute approximate surface area is 108 Å². The third kappa shape index (κ3) is 1.64. The highest BCUT2D eigenvalue weighted by Crippen LogP contribution is 2.46. The molecule has 90 valence electrons. The SMILES string of the molecule is CC1(n2c(CCl)nc3cc(Cl)c(F)cc32)CC1. The normalized spacial score (nSPS) is 17.6. The van der Waals surface area contributed by atoms with Crippen LogP contribution in [0.2, 0.25) is 5.02 Å². The number of alkyl halides is 1. The lowest BCUT2D eigenvalue weighted by Crippen LogP contribution is -2.15. The fourth-order valence-corrected chi connectivity index (χ4v) is 2.56. The predicted molar refractivity (Wildman–Crippen MR) is 67.1 cm³/mol. The second-order valence-electron chi connectivity index (χ2n) is 4.75. The molecule has 17 heavy (non-hydrogen) atoms. The molecule has 3 rings (SSSR count). The largest absolute Gasteiger partial charge is 0.321 e. The Kier molecular flexibility index (Phi) is 2.39. The van der Waals surface area contributed by atoms with E-state index in [0.29, 0.717) is 11.4 Å². The van der Waals surface area contributed by atoms with Crippen molar-refractivity contribution in [1.29, 1.82) is 0 Å². The lowest BCUT2D eigenvalue weighted by atomic mass is 10.2. The summed E-state index contributed by atoms with van der Waals surface area (Å²) in [5.74, 6) is 0.692. The molecule has 1 aliphatic rings. The third-order valence-electron chi connectivity index (χ3n) is 3.40. The highest BCUT2D eigenvalue weighted by Gasteiger charge is 2.41. The highest BCUT2D eigenvalue weighted by atomic mass is 35.5. The van der Waals surface area contributed by atoms with Crippen LogP contribution in [0.1, 0.15) is 25.6 Å². The monoisotopic (exact) mass is 272 g/mol. The van der Waals surface area contributed by atoms with Gasteiger partial charge in [0.25, 0.3) is 0 Å². The highest BCUT2D eigenvalue weighted by molar-refractivity contribution is 6.31. The maximum atomic E-state index is 13.5. The van der Waals surface area contributed by atoms with Gasteiger partial charge in [-0.25, -0.2) is 9.37 Å². The molecule has 0 bridgehead atoms. The minimum atomic E-state index is -0.411. The summed E-state index contributed by atoms with van der Waals surface area (Å²) in [6, 6.07) is 3.01. The van der Waals surface area contributed by atoms with Gasteiger partial charge in [0.2, 0.25) is 0 Å². The fourth-order valence-electron chi connectivity index (χ4n) is 2.22. The van der Waals surface area contributed by atoms with E-state index in [2.05, 4.69) is 16.5 Å². The van der Waals surface area contributed by atoms with E-state index in [0.717, 1.165) is 24.2 Å². The van der Waals surface area contributed by atoms with Crippen molar-refractivity contribution < 1.29 is 4.39 Å². The average Bonchev–Trinajstić information content (AvgIpc) is 2.91. The van der Waals surface area contributed by atoms with E-state index in [4.69, 9.17) is 23.2 Å². The van der Waals surface area contributed by atoms with E-state index < -0.39 is 5.82 Å². The molecule has 1 aromatic carbocycles. The number of nitrogens with zero attached hydrogens (tertiary/aromatic N) is 2. The first-order chi connectivity index (χ1) is 8.05. The number of benzene rings is 1. The number of aromatic nitrogens is 2. The van der Waals surface area contributed by atoms with Crippen molar-refractivity contribution in [1.82, 2.24) is 9.55 Å². The maximum Gasteiger partial charge on any atom is 0.144 e. The van der Waals surface area contributed by atoms with Crippen LogP contribution in [0.15, 0.2) is 12.1 Å². The van der Waals surface area contributed by atoms with Gasteiger partial charge in [-0.05, 0) is 25.8 Å². The number of halogens is 3. The van der Waals surface area contributed by atoms with E-state index in [1.807, 2.05) is 0 Å². The van der Waals surface area contributed by atoms with Crippen molar-refractivity contribution in [2.24, 2.45) is 0 Å². The molecule has 0 saturated heterocycles. The molecule has 1 aromatic heterocycles. The number of hydrogen-bond donors (Lipinski definition) is 0. The van der Waals surface area contributed by atoms with E-state index in [1.54, 1.807) is 6.07 Å². The van der Waals surface area contributed by atoms with Crippen molar-refractivity contribution in [2.75, 3.05) is 0 Å². The Morgan fingerprint density at radius 1 is 1.47 bits per heavy atom.